The molecule has 9 heteroatoms. The lowest BCUT2D eigenvalue weighted by atomic mass is 10.1. The third-order valence-corrected chi connectivity index (χ3v) is 5.96. The summed E-state index contributed by atoms with van der Waals surface area (Å²) in [5.41, 5.74) is 1.59. The molecule has 1 aromatic carbocycles. The van der Waals surface area contributed by atoms with E-state index in [9.17, 15) is 13.2 Å². The van der Waals surface area contributed by atoms with Crippen LogP contribution in [0.4, 0.5) is 0 Å². The Labute approximate surface area is 154 Å². The second kappa shape index (κ2) is 7.98. The topological polar surface area (TPSA) is 96.3 Å². The predicted molar refractivity (Wildman–Crippen MR) is 98.9 cm³/mol. The number of carbonyl (C=O) groups is 1. The van der Waals surface area contributed by atoms with E-state index >= 15 is 0 Å². The molecule has 26 heavy (non-hydrogen) atoms. The quantitative estimate of drug-likeness (QED) is 0.742. The van der Waals surface area contributed by atoms with Crippen LogP contribution in [0.15, 0.2) is 41.6 Å². The summed E-state index contributed by atoms with van der Waals surface area (Å²) in [6, 6.07) is 5.72. The summed E-state index contributed by atoms with van der Waals surface area (Å²) in [5, 5.41) is 10.0. The standard InChI is InChI=1S/C17H25N5O3S/c1-12(13-6-8-15(9-7-13)26(24,25)21(3)4)20-17(23)16(18-2)14-10-19-22(5)11-14/h6-12,16,18H,1-5H3,(H,20,23). The molecule has 0 spiro atoms. The zero-order valence-corrected chi connectivity index (χ0v) is 16.4. The molecule has 2 atom stereocenters. The fourth-order valence-electron chi connectivity index (χ4n) is 2.56. The summed E-state index contributed by atoms with van der Waals surface area (Å²) in [6.45, 7) is 1.85. The van der Waals surface area contributed by atoms with Gasteiger partial charge in [-0.1, -0.05) is 12.1 Å². The van der Waals surface area contributed by atoms with Crippen LogP contribution in [0.5, 0.6) is 0 Å². The van der Waals surface area contributed by atoms with Gasteiger partial charge in [-0.3, -0.25) is 9.48 Å². The third kappa shape index (κ3) is 4.29. The van der Waals surface area contributed by atoms with Gasteiger partial charge in [-0.05, 0) is 31.7 Å². The van der Waals surface area contributed by atoms with Crippen LogP contribution in [0, 0.1) is 0 Å². The summed E-state index contributed by atoms with van der Waals surface area (Å²) >= 11 is 0. The van der Waals surface area contributed by atoms with Crippen molar-refractivity contribution in [1.29, 1.82) is 0 Å². The SMILES string of the molecule is CNC(C(=O)NC(C)c1ccc(S(=O)(=O)N(C)C)cc1)c1cnn(C)c1. The first kappa shape index (κ1) is 20.1. The van der Waals surface area contributed by atoms with Crippen LogP contribution in [0.3, 0.4) is 0 Å². The molecule has 0 aliphatic heterocycles. The van der Waals surface area contributed by atoms with E-state index in [0.29, 0.717) is 0 Å². The van der Waals surface area contributed by atoms with E-state index in [0.717, 1.165) is 11.1 Å². The molecule has 0 radical (unpaired) electrons. The summed E-state index contributed by atoms with van der Waals surface area (Å²) in [4.78, 5) is 12.8. The van der Waals surface area contributed by atoms with Gasteiger partial charge < -0.3 is 10.6 Å². The van der Waals surface area contributed by atoms with E-state index in [1.807, 2.05) is 6.92 Å². The summed E-state index contributed by atoms with van der Waals surface area (Å²) in [6.07, 6.45) is 3.43. The third-order valence-electron chi connectivity index (χ3n) is 4.13. The summed E-state index contributed by atoms with van der Waals surface area (Å²) < 4.78 is 27.0. The van der Waals surface area contributed by atoms with Crippen LogP contribution in [-0.2, 0) is 21.9 Å². The van der Waals surface area contributed by atoms with Gasteiger partial charge in [0.1, 0.15) is 6.04 Å². The van der Waals surface area contributed by atoms with E-state index in [1.54, 1.807) is 55.4 Å². The highest BCUT2D eigenvalue weighted by Crippen LogP contribution is 2.19. The minimum absolute atomic E-state index is 0.182. The number of nitrogens with one attached hydrogen (secondary N) is 2. The van der Waals surface area contributed by atoms with Gasteiger partial charge in [-0.15, -0.1) is 0 Å². The molecule has 0 aliphatic rings. The van der Waals surface area contributed by atoms with Gasteiger partial charge in [-0.2, -0.15) is 5.10 Å². The first-order valence-corrected chi connectivity index (χ1v) is 9.59. The van der Waals surface area contributed by atoms with Crippen molar-refractivity contribution in [3.05, 3.63) is 47.8 Å². The van der Waals surface area contributed by atoms with E-state index in [4.69, 9.17) is 0 Å². The maximum atomic E-state index is 12.6. The van der Waals surface area contributed by atoms with E-state index in [2.05, 4.69) is 15.7 Å². The van der Waals surface area contributed by atoms with E-state index < -0.39 is 16.1 Å². The Balaban J connectivity index is 2.11. The number of amides is 1. The van der Waals surface area contributed by atoms with Crippen molar-refractivity contribution in [3.8, 4) is 0 Å². The number of aromatic nitrogens is 2. The highest BCUT2D eigenvalue weighted by atomic mass is 32.2. The van der Waals surface area contributed by atoms with Crippen molar-refractivity contribution < 1.29 is 13.2 Å². The molecule has 2 rings (SSSR count). The molecule has 0 saturated heterocycles. The fourth-order valence-corrected chi connectivity index (χ4v) is 3.46. The molecule has 2 aromatic rings. The Morgan fingerprint density at radius 3 is 2.27 bits per heavy atom. The number of hydrogen-bond donors (Lipinski definition) is 2. The predicted octanol–water partition coefficient (Wildman–Crippen LogP) is 0.808. The lowest BCUT2D eigenvalue weighted by Gasteiger charge is -2.20. The van der Waals surface area contributed by atoms with Crippen LogP contribution < -0.4 is 10.6 Å². The zero-order chi connectivity index (χ0) is 19.5. The van der Waals surface area contributed by atoms with Crippen molar-refractivity contribution in [2.75, 3.05) is 21.1 Å². The largest absolute Gasteiger partial charge is 0.348 e. The maximum absolute atomic E-state index is 12.6. The smallest absolute Gasteiger partial charge is 0.242 e. The van der Waals surface area contributed by atoms with Gasteiger partial charge in [0.2, 0.25) is 15.9 Å². The van der Waals surface area contributed by atoms with Crippen molar-refractivity contribution in [2.45, 2.75) is 23.9 Å². The van der Waals surface area contributed by atoms with Gasteiger partial charge in [0.25, 0.3) is 0 Å². The number of aryl methyl sites for hydroxylation is 1. The molecule has 2 N–H and O–H groups in total. The van der Waals surface area contributed by atoms with Crippen LogP contribution >= 0.6 is 0 Å². The minimum Gasteiger partial charge on any atom is -0.348 e. The summed E-state index contributed by atoms with van der Waals surface area (Å²) in [5.74, 6) is -0.182. The molecular formula is C17H25N5O3S. The molecule has 1 aromatic heterocycles. The lowest BCUT2D eigenvalue weighted by Crippen LogP contribution is -2.37. The fraction of sp³-hybridized carbons (Fsp3) is 0.412. The zero-order valence-electron chi connectivity index (χ0n) is 15.6. The number of carbonyl (C=O) groups excluding carboxylic acids is 1. The monoisotopic (exact) mass is 379 g/mol. The van der Waals surface area contributed by atoms with Crippen molar-refractivity contribution in [1.82, 2.24) is 24.7 Å². The Morgan fingerprint density at radius 1 is 1.19 bits per heavy atom. The highest BCUT2D eigenvalue weighted by molar-refractivity contribution is 7.89. The second-order valence-electron chi connectivity index (χ2n) is 6.26. The molecule has 2 unspecified atom stereocenters. The number of likely N-dealkylation sites (N-methyl/N-ethyl adjacent to an activating group) is 1. The van der Waals surface area contributed by atoms with Crippen LogP contribution in [0.2, 0.25) is 0 Å². The van der Waals surface area contributed by atoms with Gasteiger partial charge >= 0.3 is 0 Å². The maximum Gasteiger partial charge on any atom is 0.242 e. The Bertz CT molecular complexity index is 859. The van der Waals surface area contributed by atoms with Crippen LogP contribution in [-0.4, -0.2) is 49.6 Å². The van der Waals surface area contributed by atoms with E-state index in [1.165, 1.54) is 18.4 Å². The number of nitrogens with zero attached hydrogens (tertiary/aromatic N) is 3. The molecule has 0 saturated carbocycles. The average Bonchev–Trinajstić information content (AvgIpc) is 3.01. The molecule has 1 heterocycles. The second-order valence-corrected chi connectivity index (χ2v) is 8.41. The van der Waals surface area contributed by atoms with Gasteiger partial charge in [0.15, 0.2) is 0 Å². The first-order chi connectivity index (χ1) is 12.2. The van der Waals surface area contributed by atoms with Crippen LogP contribution in [0.25, 0.3) is 0 Å². The van der Waals surface area contributed by atoms with E-state index in [-0.39, 0.29) is 16.8 Å². The molecule has 1 amide bonds. The molecule has 0 bridgehead atoms. The van der Waals surface area contributed by atoms with Gasteiger partial charge in [0.05, 0.1) is 17.1 Å². The highest BCUT2D eigenvalue weighted by Gasteiger charge is 2.22. The van der Waals surface area contributed by atoms with Crippen LogP contribution in [0.1, 0.15) is 30.1 Å². The van der Waals surface area contributed by atoms with Crippen molar-refractivity contribution in [3.63, 3.8) is 0 Å². The Kier molecular flexibility index (Phi) is 6.17. The Morgan fingerprint density at radius 2 is 1.81 bits per heavy atom. The van der Waals surface area contributed by atoms with Crippen molar-refractivity contribution >= 4 is 15.9 Å². The average molecular weight is 379 g/mol. The molecule has 0 fully saturated rings. The van der Waals surface area contributed by atoms with Crippen molar-refractivity contribution in [2.24, 2.45) is 7.05 Å². The molecule has 142 valence electrons. The first-order valence-electron chi connectivity index (χ1n) is 8.15. The molecular weight excluding hydrogens is 354 g/mol. The summed E-state index contributed by atoms with van der Waals surface area (Å²) in [7, 11) is 3.01. The normalized spacial score (nSPS) is 14.2. The number of hydrogen-bond acceptors (Lipinski definition) is 5. The molecule has 0 aliphatic carbocycles. The minimum atomic E-state index is -3.47. The molecule has 8 nitrogen and oxygen atoms in total. The number of rotatable bonds is 7. The number of sulfonamides is 1. The number of benzene rings is 1. The van der Waals surface area contributed by atoms with Gasteiger partial charge in [0, 0.05) is 32.9 Å². The Hall–Kier alpha value is -2.23. The van der Waals surface area contributed by atoms with Gasteiger partial charge in [-0.25, -0.2) is 12.7 Å². The lowest BCUT2D eigenvalue weighted by molar-refractivity contribution is -0.123.